The predicted octanol–water partition coefficient (Wildman–Crippen LogP) is 2.11. The Hall–Kier alpha value is -1.65. The molecule has 1 N–H and O–H groups in total. The lowest BCUT2D eigenvalue weighted by Crippen LogP contribution is -2.17. The molecule has 1 heterocycles. The minimum atomic E-state index is -1.01. The van der Waals surface area contributed by atoms with Crippen molar-refractivity contribution in [2.45, 2.75) is 45.6 Å². The van der Waals surface area contributed by atoms with Gasteiger partial charge >= 0.3 is 5.97 Å². The fourth-order valence-corrected chi connectivity index (χ4v) is 2.09. The van der Waals surface area contributed by atoms with Crippen LogP contribution in [0.2, 0.25) is 0 Å². The Morgan fingerprint density at radius 2 is 1.94 bits per heavy atom. The molecule has 92 valence electrons. The van der Waals surface area contributed by atoms with Gasteiger partial charge in [-0.15, -0.1) is 5.10 Å². The molecular weight excluding hydrogens is 220 g/mol. The van der Waals surface area contributed by atoms with Crippen LogP contribution in [0.25, 0.3) is 0 Å². The molecule has 0 spiro atoms. The summed E-state index contributed by atoms with van der Waals surface area (Å²) in [5.41, 5.74) is 1.39. The molecule has 17 heavy (non-hydrogen) atoms. The summed E-state index contributed by atoms with van der Waals surface area (Å²) >= 11 is 0. The van der Waals surface area contributed by atoms with Gasteiger partial charge in [0.25, 0.3) is 0 Å². The zero-order chi connectivity index (χ0) is 12.4. The van der Waals surface area contributed by atoms with Gasteiger partial charge in [-0.2, -0.15) is 5.10 Å². The van der Waals surface area contributed by atoms with Crippen molar-refractivity contribution in [2.75, 3.05) is 0 Å². The third-order valence-electron chi connectivity index (χ3n) is 3.22. The molecule has 1 aromatic rings. The van der Waals surface area contributed by atoms with Crippen LogP contribution in [0.15, 0.2) is 0 Å². The first-order valence-electron chi connectivity index (χ1n) is 5.83. The second-order valence-electron chi connectivity index (χ2n) is 4.42. The number of hydrogen-bond acceptors (Lipinski definition) is 4. The Morgan fingerprint density at radius 1 is 1.29 bits per heavy atom. The number of nitrogens with zero attached hydrogens (tertiary/aromatic N) is 2. The van der Waals surface area contributed by atoms with Crippen LogP contribution in [0.3, 0.4) is 0 Å². The van der Waals surface area contributed by atoms with E-state index in [-0.39, 0.29) is 17.5 Å². The second-order valence-corrected chi connectivity index (χ2v) is 4.42. The number of ether oxygens (including phenoxy) is 1. The van der Waals surface area contributed by atoms with E-state index in [0.717, 1.165) is 25.7 Å². The number of hydrogen-bond donors (Lipinski definition) is 1. The number of aromatic carboxylic acids is 1. The van der Waals surface area contributed by atoms with E-state index in [1.54, 1.807) is 13.8 Å². The SMILES string of the molecule is Cc1nnc(OC2CCCC2)c(C(=O)O)c1C. The molecule has 5 nitrogen and oxygen atoms in total. The molecule has 0 aliphatic heterocycles. The molecule has 0 aromatic carbocycles. The normalized spacial score (nSPS) is 16.1. The molecule has 0 amide bonds. The first kappa shape index (κ1) is 11.8. The van der Waals surface area contributed by atoms with Gasteiger partial charge in [-0.1, -0.05) is 0 Å². The predicted molar refractivity (Wildman–Crippen MR) is 61.3 cm³/mol. The minimum absolute atomic E-state index is 0.0875. The maximum Gasteiger partial charge on any atom is 0.341 e. The number of rotatable bonds is 3. The average Bonchev–Trinajstić information content (AvgIpc) is 2.76. The number of aryl methyl sites for hydroxylation is 1. The Bertz CT molecular complexity index is 440. The number of carbonyl (C=O) groups is 1. The Morgan fingerprint density at radius 3 is 2.53 bits per heavy atom. The van der Waals surface area contributed by atoms with Gasteiger partial charge in [-0.05, 0) is 45.1 Å². The number of carboxylic acid groups (broad SMARTS) is 1. The van der Waals surface area contributed by atoms with Gasteiger partial charge in [0.1, 0.15) is 11.7 Å². The summed E-state index contributed by atoms with van der Waals surface area (Å²) < 4.78 is 5.65. The van der Waals surface area contributed by atoms with Crippen LogP contribution in [0.4, 0.5) is 0 Å². The third-order valence-corrected chi connectivity index (χ3v) is 3.22. The summed E-state index contributed by atoms with van der Waals surface area (Å²) in [6.45, 7) is 3.48. The molecule has 1 aliphatic carbocycles. The minimum Gasteiger partial charge on any atom is -0.477 e. The highest BCUT2D eigenvalue weighted by Gasteiger charge is 2.23. The van der Waals surface area contributed by atoms with Crippen molar-refractivity contribution in [1.29, 1.82) is 0 Å². The van der Waals surface area contributed by atoms with Crippen LogP contribution in [0.1, 0.15) is 47.3 Å². The molecule has 0 bridgehead atoms. The largest absolute Gasteiger partial charge is 0.477 e. The van der Waals surface area contributed by atoms with Crippen LogP contribution in [0, 0.1) is 13.8 Å². The molecule has 0 saturated heterocycles. The molecule has 1 aliphatic rings. The maximum absolute atomic E-state index is 11.2. The molecule has 1 saturated carbocycles. The smallest absolute Gasteiger partial charge is 0.341 e. The van der Waals surface area contributed by atoms with Gasteiger partial charge in [0, 0.05) is 0 Å². The number of carboxylic acids is 1. The third kappa shape index (κ3) is 2.38. The van der Waals surface area contributed by atoms with Crippen molar-refractivity contribution in [3.63, 3.8) is 0 Å². The number of aromatic nitrogens is 2. The van der Waals surface area contributed by atoms with Crippen molar-refractivity contribution in [2.24, 2.45) is 0 Å². The van der Waals surface area contributed by atoms with E-state index in [2.05, 4.69) is 10.2 Å². The zero-order valence-corrected chi connectivity index (χ0v) is 10.1. The maximum atomic E-state index is 11.2. The highest BCUT2D eigenvalue weighted by atomic mass is 16.5. The summed E-state index contributed by atoms with van der Waals surface area (Å²) in [4.78, 5) is 11.2. The summed E-state index contributed by atoms with van der Waals surface area (Å²) in [6.07, 6.45) is 4.28. The first-order chi connectivity index (χ1) is 8.09. The lowest BCUT2D eigenvalue weighted by Gasteiger charge is -2.14. The van der Waals surface area contributed by atoms with Crippen molar-refractivity contribution in [3.8, 4) is 5.88 Å². The molecule has 0 unspecified atom stereocenters. The van der Waals surface area contributed by atoms with Crippen LogP contribution in [0.5, 0.6) is 5.88 Å². The van der Waals surface area contributed by atoms with E-state index in [4.69, 9.17) is 4.74 Å². The monoisotopic (exact) mass is 236 g/mol. The van der Waals surface area contributed by atoms with Crippen molar-refractivity contribution in [3.05, 3.63) is 16.8 Å². The fraction of sp³-hybridized carbons (Fsp3) is 0.583. The quantitative estimate of drug-likeness (QED) is 0.870. The lowest BCUT2D eigenvalue weighted by atomic mass is 10.1. The van der Waals surface area contributed by atoms with Gasteiger partial charge in [0.2, 0.25) is 5.88 Å². The average molecular weight is 236 g/mol. The Kier molecular flexibility index (Phi) is 3.26. The molecule has 5 heteroatoms. The standard InChI is InChI=1S/C12H16N2O3/c1-7-8(2)13-14-11(10(7)12(15)16)17-9-5-3-4-6-9/h9H,3-6H2,1-2H3,(H,15,16). The summed E-state index contributed by atoms with van der Waals surface area (Å²) in [5, 5.41) is 17.0. The molecule has 1 fully saturated rings. The first-order valence-corrected chi connectivity index (χ1v) is 5.83. The van der Waals surface area contributed by atoms with Crippen LogP contribution in [-0.2, 0) is 0 Å². The fourth-order valence-electron chi connectivity index (χ4n) is 2.09. The molecule has 2 rings (SSSR count). The Labute approximate surface area is 99.8 Å². The van der Waals surface area contributed by atoms with Crippen LogP contribution in [-0.4, -0.2) is 27.4 Å². The van der Waals surface area contributed by atoms with Crippen molar-refractivity contribution in [1.82, 2.24) is 10.2 Å². The molecule has 1 aromatic heterocycles. The Balaban J connectivity index is 2.32. The van der Waals surface area contributed by atoms with E-state index in [9.17, 15) is 9.90 Å². The van der Waals surface area contributed by atoms with E-state index >= 15 is 0 Å². The summed E-state index contributed by atoms with van der Waals surface area (Å²) in [5.74, 6) is -0.846. The topological polar surface area (TPSA) is 72.3 Å². The highest BCUT2D eigenvalue weighted by Crippen LogP contribution is 2.26. The van der Waals surface area contributed by atoms with E-state index in [1.807, 2.05) is 0 Å². The molecule has 0 radical (unpaired) electrons. The van der Waals surface area contributed by atoms with E-state index in [1.165, 1.54) is 0 Å². The van der Waals surface area contributed by atoms with E-state index in [0.29, 0.717) is 11.3 Å². The van der Waals surface area contributed by atoms with Gasteiger partial charge in [0.05, 0.1) is 5.69 Å². The zero-order valence-electron chi connectivity index (χ0n) is 10.1. The van der Waals surface area contributed by atoms with Gasteiger partial charge in [0.15, 0.2) is 0 Å². The van der Waals surface area contributed by atoms with Gasteiger partial charge in [-0.25, -0.2) is 4.79 Å². The van der Waals surface area contributed by atoms with Gasteiger partial charge in [-0.3, -0.25) is 0 Å². The van der Waals surface area contributed by atoms with Gasteiger partial charge < -0.3 is 9.84 Å². The van der Waals surface area contributed by atoms with Crippen LogP contribution >= 0.6 is 0 Å². The lowest BCUT2D eigenvalue weighted by molar-refractivity contribution is 0.0686. The summed E-state index contributed by atoms with van der Waals surface area (Å²) in [7, 11) is 0. The summed E-state index contributed by atoms with van der Waals surface area (Å²) in [6, 6.07) is 0. The van der Waals surface area contributed by atoms with Crippen LogP contribution < -0.4 is 4.74 Å². The highest BCUT2D eigenvalue weighted by molar-refractivity contribution is 5.92. The second kappa shape index (κ2) is 4.69. The van der Waals surface area contributed by atoms with E-state index < -0.39 is 5.97 Å². The molecule has 0 atom stereocenters. The molecular formula is C12H16N2O3. The van der Waals surface area contributed by atoms with Crippen molar-refractivity contribution < 1.29 is 14.6 Å². The van der Waals surface area contributed by atoms with Crippen molar-refractivity contribution >= 4 is 5.97 Å².